The van der Waals surface area contributed by atoms with E-state index < -0.39 is 23.3 Å². The number of carbonyl (C=O) groups is 2. The monoisotopic (exact) mass is 377 g/mol. The van der Waals surface area contributed by atoms with Crippen molar-refractivity contribution in [3.8, 4) is 0 Å². The van der Waals surface area contributed by atoms with Crippen molar-refractivity contribution in [1.29, 1.82) is 0 Å². The van der Waals surface area contributed by atoms with Gasteiger partial charge < -0.3 is 19.9 Å². The van der Waals surface area contributed by atoms with E-state index in [1.165, 1.54) is 12.1 Å². The predicted molar refractivity (Wildman–Crippen MR) is 91.0 cm³/mol. The largest absolute Gasteiger partial charge is 0.447 e. The molecule has 3 amide bonds. The van der Waals surface area contributed by atoms with Crippen LogP contribution in [0.2, 0.25) is 0 Å². The number of likely N-dealkylation sites (tertiary alicyclic amines) is 2. The third kappa shape index (κ3) is 2.73. The van der Waals surface area contributed by atoms with Crippen molar-refractivity contribution in [3.63, 3.8) is 0 Å². The number of nitrogens with zero attached hydrogens (tertiary/aromatic N) is 2. The van der Waals surface area contributed by atoms with Crippen molar-refractivity contribution in [3.05, 3.63) is 35.4 Å². The highest BCUT2D eigenvalue weighted by atomic mass is 19.1. The van der Waals surface area contributed by atoms with Crippen LogP contribution in [0.4, 0.5) is 18.4 Å². The Morgan fingerprint density at radius 3 is 2.52 bits per heavy atom. The number of benzene rings is 1. The van der Waals surface area contributed by atoms with Gasteiger partial charge in [-0.15, -0.1) is 0 Å². The van der Waals surface area contributed by atoms with Crippen LogP contribution >= 0.6 is 0 Å². The molecule has 6 nitrogen and oxygen atoms in total. The molecule has 3 saturated heterocycles. The Kier molecular flexibility index (Phi) is 3.45. The van der Waals surface area contributed by atoms with E-state index in [2.05, 4.69) is 5.32 Å². The van der Waals surface area contributed by atoms with Crippen LogP contribution in [0.15, 0.2) is 18.2 Å². The number of alkyl carbamates (subject to hydrolysis) is 1. The van der Waals surface area contributed by atoms with E-state index in [-0.39, 0.29) is 11.4 Å². The number of hydrogen-bond acceptors (Lipinski definition) is 3. The lowest BCUT2D eigenvalue weighted by atomic mass is 9.56. The number of amides is 3. The molecule has 144 valence electrons. The highest BCUT2D eigenvalue weighted by Gasteiger charge is 2.57. The van der Waals surface area contributed by atoms with E-state index in [4.69, 9.17) is 4.74 Å². The van der Waals surface area contributed by atoms with Gasteiger partial charge in [0.05, 0.1) is 13.1 Å². The Balaban J connectivity index is 1.08. The smallest absolute Gasteiger partial charge is 0.407 e. The lowest BCUT2D eigenvalue weighted by Crippen LogP contribution is -2.74. The quantitative estimate of drug-likeness (QED) is 0.859. The molecule has 3 heterocycles. The zero-order valence-corrected chi connectivity index (χ0v) is 14.8. The van der Waals surface area contributed by atoms with Crippen molar-refractivity contribution in [2.75, 3.05) is 32.8 Å². The molecule has 2 spiro atoms. The van der Waals surface area contributed by atoms with E-state index >= 15 is 0 Å². The topological polar surface area (TPSA) is 61.9 Å². The molecule has 0 radical (unpaired) electrons. The van der Waals surface area contributed by atoms with Crippen molar-refractivity contribution in [2.45, 2.75) is 24.8 Å². The van der Waals surface area contributed by atoms with E-state index in [9.17, 15) is 18.4 Å². The Morgan fingerprint density at radius 2 is 1.89 bits per heavy atom. The second-order valence-corrected chi connectivity index (χ2v) is 8.69. The maximum absolute atomic E-state index is 13.8. The molecule has 0 atom stereocenters. The zero-order valence-electron chi connectivity index (χ0n) is 14.8. The minimum Gasteiger partial charge on any atom is -0.447 e. The second-order valence-electron chi connectivity index (χ2n) is 8.69. The first kappa shape index (κ1) is 16.8. The van der Waals surface area contributed by atoms with Gasteiger partial charge in [-0.3, -0.25) is 0 Å². The van der Waals surface area contributed by atoms with Crippen LogP contribution in [0.5, 0.6) is 0 Å². The summed E-state index contributed by atoms with van der Waals surface area (Å²) in [6, 6.07) is 3.78. The average Bonchev–Trinajstić information content (AvgIpc) is 2.90. The van der Waals surface area contributed by atoms with E-state index in [1.807, 2.05) is 4.90 Å². The van der Waals surface area contributed by atoms with Gasteiger partial charge in [0.1, 0.15) is 23.8 Å². The summed E-state index contributed by atoms with van der Waals surface area (Å²) in [6.45, 7) is 2.78. The van der Waals surface area contributed by atoms with E-state index in [0.29, 0.717) is 37.6 Å². The molecule has 1 saturated carbocycles. The number of nitrogens with one attached hydrogen (secondary N) is 1. The molecular formula is C19H21F2N3O3. The third-order valence-corrected chi connectivity index (χ3v) is 6.39. The average molecular weight is 377 g/mol. The number of rotatable bonds is 2. The van der Waals surface area contributed by atoms with Crippen molar-refractivity contribution < 1.29 is 23.1 Å². The second kappa shape index (κ2) is 5.56. The van der Waals surface area contributed by atoms with Gasteiger partial charge in [-0.2, -0.15) is 0 Å². The SMILES string of the molecule is O=C1NC2(CO1)CN(C(=O)N1CC3(CC(Cc4ccc(F)cc4F)C3)C1)C2. The molecule has 1 aliphatic carbocycles. The van der Waals surface area contributed by atoms with Crippen LogP contribution in [0.25, 0.3) is 0 Å². The number of hydrogen-bond donors (Lipinski definition) is 1. The molecule has 4 fully saturated rings. The molecule has 8 heteroatoms. The fourth-order valence-electron chi connectivity index (χ4n) is 5.15. The standard InChI is InChI=1S/C19H21F2N3O3/c20-14-2-1-13(15(21)4-14)3-12-5-18(6-12)7-23(8-18)17(26)24-9-19(10-24)11-27-16(25)22-19/h1-2,4,12H,3,5-11H2,(H,22,25). The van der Waals surface area contributed by atoms with Crippen LogP contribution in [0, 0.1) is 23.0 Å². The fraction of sp³-hybridized carbons (Fsp3) is 0.579. The van der Waals surface area contributed by atoms with E-state index in [0.717, 1.165) is 32.0 Å². The lowest BCUT2D eigenvalue weighted by molar-refractivity contribution is -0.0828. The van der Waals surface area contributed by atoms with Gasteiger partial charge in [-0.25, -0.2) is 18.4 Å². The van der Waals surface area contributed by atoms with Gasteiger partial charge in [0.25, 0.3) is 0 Å². The summed E-state index contributed by atoms with van der Waals surface area (Å²) in [5, 5.41) is 2.77. The first-order valence-electron chi connectivity index (χ1n) is 9.28. The van der Waals surface area contributed by atoms with E-state index in [1.54, 1.807) is 4.90 Å². The minimum absolute atomic E-state index is 0.0143. The first-order chi connectivity index (χ1) is 12.9. The van der Waals surface area contributed by atoms with Gasteiger partial charge in [0.15, 0.2) is 0 Å². The summed E-state index contributed by atoms with van der Waals surface area (Å²) in [7, 11) is 0. The van der Waals surface area contributed by atoms with Crippen LogP contribution in [-0.2, 0) is 11.2 Å². The number of halogens is 2. The number of ether oxygens (including phenoxy) is 1. The predicted octanol–water partition coefficient (Wildman–Crippen LogP) is 2.13. The summed E-state index contributed by atoms with van der Waals surface area (Å²) in [5.74, 6) is -0.637. The number of urea groups is 1. The van der Waals surface area contributed by atoms with Gasteiger partial charge in [0, 0.05) is 24.6 Å². The molecule has 1 aromatic rings. The number of carbonyl (C=O) groups excluding carboxylic acids is 2. The lowest BCUT2D eigenvalue weighted by Gasteiger charge is -2.61. The van der Waals surface area contributed by atoms with Crippen molar-refractivity contribution >= 4 is 12.1 Å². The maximum Gasteiger partial charge on any atom is 0.407 e. The molecule has 3 aliphatic heterocycles. The Morgan fingerprint density at radius 1 is 1.19 bits per heavy atom. The van der Waals surface area contributed by atoms with Crippen LogP contribution in [0.1, 0.15) is 18.4 Å². The van der Waals surface area contributed by atoms with Gasteiger partial charge in [0.2, 0.25) is 0 Å². The van der Waals surface area contributed by atoms with Crippen LogP contribution < -0.4 is 5.32 Å². The summed E-state index contributed by atoms with van der Waals surface area (Å²) in [6.07, 6.45) is 2.15. The normalized spacial score (nSPS) is 24.9. The maximum atomic E-state index is 13.8. The van der Waals surface area contributed by atoms with Crippen molar-refractivity contribution in [1.82, 2.24) is 15.1 Å². The summed E-state index contributed by atoms with van der Waals surface area (Å²) in [4.78, 5) is 27.3. The van der Waals surface area contributed by atoms with Crippen molar-refractivity contribution in [2.24, 2.45) is 11.3 Å². The molecule has 4 aliphatic rings. The molecule has 1 N–H and O–H groups in total. The van der Waals surface area contributed by atoms with Crippen LogP contribution in [0.3, 0.4) is 0 Å². The highest BCUT2D eigenvalue weighted by Crippen LogP contribution is 2.53. The van der Waals surface area contributed by atoms with Crippen LogP contribution in [-0.4, -0.2) is 60.2 Å². The third-order valence-electron chi connectivity index (χ3n) is 6.39. The minimum atomic E-state index is -0.550. The summed E-state index contributed by atoms with van der Waals surface area (Å²) >= 11 is 0. The molecular weight excluding hydrogens is 356 g/mol. The summed E-state index contributed by atoms with van der Waals surface area (Å²) in [5.41, 5.74) is 0.343. The Labute approximate surface area is 155 Å². The number of cyclic esters (lactones) is 1. The Hall–Kier alpha value is -2.38. The molecule has 0 bridgehead atoms. The molecule has 1 aromatic carbocycles. The molecule has 5 rings (SSSR count). The zero-order chi connectivity index (χ0) is 18.8. The first-order valence-corrected chi connectivity index (χ1v) is 9.28. The highest BCUT2D eigenvalue weighted by molar-refractivity contribution is 5.78. The Bertz CT molecular complexity index is 810. The molecule has 0 aromatic heterocycles. The fourth-order valence-corrected chi connectivity index (χ4v) is 5.15. The van der Waals surface area contributed by atoms with Gasteiger partial charge in [-0.1, -0.05) is 6.07 Å². The molecule has 0 unspecified atom stereocenters. The molecule has 27 heavy (non-hydrogen) atoms. The van der Waals surface area contributed by atoms with Gasteiger partial charge >= 0.3 is 12.1 Å². The summed E-state index contributed by atoms with van der Waals surface area (Å²) < 4.78 is 31.7. The van der Waals surface area contributed by atoms with Gasteiger partial charge in [-0.05, 0) is 36.8 Å².